The number of rotatable bonds is 9. The Bertz CT molecular complexity index is 1680. The largest absolute Gasteiger partial charge is 0.459 e. The Morgan fingerprint density at radius 3 is 2.50 bits per heavy atom. The summed E-state index contributed by atoms with van der Waals surface area (Å²) in [6.07, 6.45) is -2.70. The minimum atomic E-state index is -5.86. The molecule has 1 aromatic carbocycles. The van der Waals surface area contributed by atoms with E-state index in [1.54, 1.807) is 19.1 Å². The van der Waals surface area contributed by atoms with Crippen LogP contribution < -0.4 is 5.32 Å². The molecular weight excluding hydrogens is 608 g/mol. The van der Waals surface area contributed by atoms with Gasteiger partial charge in [-0.2, -0.15) is 42.0 Å². The summed E-state index contributed by atoms with van der Waals surface area (Å²) in [6.45, 7) is 1.25. The number of benzene rings is 1. The van der Waals surface area contributed by atoms with E-state index in [4.69, 9.17) is 23.2 Å². The molecule has 0 radical (unpaired) electrons. The minimum absolute atomic E-state index is 0.0390. The van der Waals surface area contributed by atoms with Gasteiger partial charge in [-0.1, -0.05) is 23.2 Å². The zero-order valence-corrected chi connectivity index (χ0v) is 23.1. The molecule has 3 heterocycles. The summed E-state index contributed by atoms with van der Waals surface area (Å²) in [6, 6.07) is 7.51. The number of nitrogens with zero attached hydrogens (tertiary/aromatic N) is 6. The topological polar surface area (TPSA) is 108 Å². The fourth-order valence-electron chi connectivity index (χ4n) is 4.16. The molecule has 42 heavy (non-hydrogen) atoms. The number of pyridine rings is 1. The van der Waals surface area contributed by atoms with Crippen molar-refractivity contribution in [2.24, 2.45) is 0 Å². The van der Waals surface area contributed by atoms with E-state index in [1.165, 1.54) is 24.4 Å². The lowest BCUT2D eigenvalue weighted by atomic mass is 9.95. The smallest absolute Gasteiger partial charge is 0.349 e. The lowest BCUT2D eigenvalue weighted by Crippen LogP contribution is -2.34. The summed E-state index contributed by atoms with van der Waals surface area (Å²) >= 11 is 12.5. The van der Waals surface area contributed by atoms with Crippen LogP contribution in [0.25, 0.3) is 5.82 Å². The number of carbonyl (C=O) groups excluding carboxylic acids is 2. The van der Waals surface area contributed by atoms with Gasteiger partial charge < -0.3 is 5.32 Å². The molecule has 0 atom stereocenters. The van der Waals surface area contributed by atoms with Crippen LogP contribution >= 0.6 is 23.2 Å². The summed E-state index contributed by atoms with van der Waals surface area (Å²) in [7, 11) is 0. The van der Waals surface area contributed by atoms with Crippen LogP contribution in [0.4, 0.5) is 22.0 Å². The number of aryl methyl sites for hydroxylation is 1. The third-order valence-corrected chi connectivity index (χ3v) is 6.95. The number of aromatic nitrogens is 6. The van der Waals surface area contributed by atoms with Crippen LogP contribution in [0.3, 0.4) is 0 Å². The van der Waals surface area contributed by atoms with Crippen LogP contribution in [0.5, 0.6) is 0 Å². The van der Waals surface area contributed by atoms with Crippen molar-refractivity contribution in [2.45, 2.75) is 50.9 Å². The summed E-state index contributed by atoms with van der Waals surface area (Å²) in [5.41, 5.74) is -0.330. The van der Waals surface area contributed by atoms with Crippen LogP contribution in [0.1, 0.15) is 56.2 Å². The van der Waals surface area contributed by atoms with E-state index >= 15 is 0 Å². The van der Waals surface area contributed by atoms with E-state index in [9.17, 15) is 31.5 Å². The van der Waals surface area contributed by atoms with Crippen LogP contribution in [-0.4, -0.2) is 53.7 Å². The van der Waals surface area contributed by atoms with Crippen molar-refractivity contribution in [3.63, 3.8) is 0 Å². The monoisotopic (exact) mass is 627 g/mol. The van der Waals surface area contributed by atoms with Crippen molar-refractivity contribution >= 4 is 34.9 Å². The quantitative estimate of drug-likeness (QED) is 0.194. The number of hydrogen-bond acceptors (Lipinski definition) is 6. The molecule has 0 unspecified atom stereocenters. The van der Waals surface area contributed by atoms with E-state index in [-0.39, 0.29) is 46.2 Å². The molecule has 3 aromatic heterocycles. The van der Waals surface area contributed by atoms with Crippen molar-refractivity contribution in [1.82, 2.24) is 35.1 Å². The lowest BCUT2D eigenvalue weighted by Gasteiger charge is -2.16. The van der Waals surface area contributed by atoms with Gasteiger partial charge in [0.25, 0.3) is 5.91 Å². The van der Waals surface area contributed by atoms with E-state index in [0.29, 0.717) is 27.1 Å². The van der Waals surface area contributed by atoms with Gasteiger partial charge in [0.15, 0.2) is 17.3 Å². The number of hydrogen-bond donors (Lipinski definition) is 1. The lowest BCUT2D eigenvalue weighted by molar-refractivity contribution is -0.291. The van der Waals surface area contributed by atoms with Crippen LogP contribution in [-0.2, 0) is 18.9 Å². The van der Waals surface area contributed by atoms with Gasteiger partial charge in [-0.15, -0.1) is 0 Å². The zero-order valence-electron chi connectivity index (χ0n) is 21.6. The SMILES string of the molecule is Cc1cc(Cl)cc(C(=O)NC2CC2)c1CC(=O)c1cc(Cn2ncc(C(F)(F)C(F)(F)F)n2)nn1-c1ncccc1Cl. The van der Waals surface area contributed by atoms with E-state index in [0.717, 1.165) is 17.5 Å². The highest BCUT2D eigenvalue weighted by Gasteiger charge is 2.60. The first-order valence-corrected chi connectivity index (χ1v) is 13.2. The van der Waals surface area contributed by atoms with Gasteiger partial charge in [-0.3, -0.25) is 9.59 Å². The summed E-state index contributed by atoms with van der Waals surface area (Å²) in [4.78, 5) is 31.4. The summed E-state index contributed by atoms with van der Waals surface area (Å²) in [5, 5.41) is 14.4. The molecule has 0 aliphatic heterocycles. The third kappa shape index (κ3) is 6.00. The molecule has 16 heteroatoms. The molecule has 4 aromatic rings. The number of halogens is 7. The highest BCUT2D eigenvalue weighted by atomic mass is 35.5. The molecule has 1 aliphatic rings. The second kappa shape index (κ2) is 11.1. The summed E-state index contributed by atoms with van der Waals surface area (Å²) in [5.74, 6) is -6.04. The molecule has 220 valence electrons. The van der Waals surface area contributed by atoms with Crippen molar-refractivity contribution in [3.8, 4) is 5.82 Å². The maximum atomic E-state index is 13.7. The molecule has 9 nitrogen and oxygen atoms in total. The molecule has 0 spiro atoms. The molecular formula is C26H20Cl2F5N7O2. The van der Waals surface area contributed by atoms with Gasteiger partial charge in [-0.05, 0) is 61.2 Å². The van der Waals surface area contributed by atoms with Crippen molar-refractivity contribution < 1.29 is 31.5 Å². The number of alkyl halides is 5. The predicted molar refractivity (Wildman–Crippen MR) is 140 cm³/mol. The second-order valence-electron chi connectivity index (χ2n) is 9.67. The average Bonchev–Trinajstić information content (AvgIpc) is 3.42. The van der Waals surface area contributed by atoms with Gasteiger partial charge in [-0.25, -0.2) is 9.67 Å². The van der Waals surface area contributed by atoms with Crippen molar-refractivity contribution in [2.75, 3.05) is 0 Å². The van der Waals surface area contributed by atoms with Crippen LogP contribution in [0, 0.1) is 6.92 Å². The Hall–Kier alpha value is -3.91. The molecule has 0 bridgehead atoms. The van der Waals surface area contributed by atoms with Crippen LogP contribution in [0.2, 0.25) is 10.0 Å². The first-order valence-electron chi connectivity index (χ1n) is 12.4. The molecule has 5 rings (SSSR count). The molecule has 1 N–H and O–H groups in total. The first kappa shape index (κ1) is 29.6. The van der Waals surface area contributed by atoms with Crippen LogP contribution in [0.15, 0.2) is 42.7 Å². The first-order chi connectivity index (χ1) is 19.7. The van der Waals surface area contributed by atoms with Gasteiger partial charge >= 0.3 is 12.1 Å². The van der Waals surface area contributed by atoms with E-state index < -0.39 is 30.1 Å². The molecule has 1 aliphatic carbocycles. The van der Waals surface area contributed by atoms with Gasteiger partial charge in [0.2, 0.25) is 0 Å². The van der Waals surface area contributed by atoms with Gasteiger partial charge in [0.1, 0.15) is 12.2 Å². The van der Waals surface area contributed by atoms with Gasteiger partial charge in [0.05, 0.1) is 16.9 Å². The van der Waals surface area contributed by atoms with Gasteiger partial charge in [0, 0.05) is 29.2 Å². The Kier molecular flexibility index (Phi) is 7.79. The maximum Gasteiger partial charge on any atom is 0.459 e. The summed E-state index contributed by atoms with van der Waals surface area (Å²) < 4.78 is 66.9. The Labute approximate surface area is 244 Å². The van der Waals surface area contributed by atoms with Crippen molar-refractivity contribution in [3.05, 3.63) is 86.5 Å². The molecule has 0 saturated heterocycles. The number of carbonyl (C=O) groups is 2. The number of amides is 1. The minimum Gasteiger partial charge on any atom is -0.349 e. The number of nitrogens with one attached hydrogen (secondary N) is 1. The maximum absolute atomic E-state index is 13.7. The third-order valence-electron chi connectivity index (χ3n) is 6.44. The molecule has 1 fully saturated rings. The Morgan fingerprint density at radius 2 is 1.83 bits per heavy atom. The van der Waals surface area contributed by atoms with Crippen molar-refractivity contribution in [1.29, 1.82) is 0 Å². The Balaban J connectivity index is 1.50. The molecule has 1 amide bonds. The number of ketones is 1. The standard InChI is InChI=1S/C26H20Cl2F5N7O2/c1-13-7-14(27)8-18(24(42)36-15-4-5-15)17(13)10-21(41)20-9-16(37-40(20)23-19(28)3-2-6-34-23)12-39-35-11-22(38-39)25(29,30)26(31,32)33/h2-3,6-9,11,15H,4-5,10,12H2,1H3,(H,36,42). The van der Waals surface area contributed by atoms with E-state index in [2.05, 4.69) is 25.6 Å². The predicted octanol–water partition coefficient (Wildman–Crippen LogP) is 5.49. The van der Waals surface area contributed by atoms with E-state index in [1.807, 2.05) is 0 Å². The fraction of sp³-hybridized carbons (Fsp3) is 0.308. The normalized spacial score (nSPS) is 13.8. The Morgan fingerprint density at radius 1 is 1.10 bits per heavy atom. The highest BCUT2D eigenvalue weighted by Crippen LogP contribution is 2.42. The fourth-order valence-corrected chi connectivity index (χ4v) is 4.63. The molecule has 1 saturated carbocycles. The second-order valence-corrected chi connectivity index (χ2v) is 10.5. The average molecular weight is 628 g/mol. The highest BCUT2D eigenvalue weighted by molar-refractivity contribution is 6.32. The zero-order chi connectivity index (χ0) is 30.4. The number of Topliss-reactive ketones (excluding diaryl/α,β-unsaturated/α-hetero) is 1.